The minimum Gasteiger partial charge on any atom is -0.549 e. The first-order valence-electron chi connectivity index (χ1n) is 4.94. The lowest BCUT2D eigenvalue weighted by atomic mass is 10.3. The number of hydrogen-bond donors (Lipinski definition) is 1. The van der Waals surface area contributed by atoms with Crippen molar-refractivity contribution in [1.29, 1.82) is 0 Å². The van der Waals surface area contributed by atoms with Gasteiger partial charge < -0.3 is 15.6 Å². The molecule has 0 aliphatic heterocycles. The van der Waals surface area contributed by atoms with Gasteiger partial charge in [0, 0.05) is 19.9 Å². The first kappa shape index (κ1) is 14.1. The van der Waals surface area contributed by atoms with Crippen LogP contribution in [0.3, 0.4) is 0 Å². The van der Waals surface area contributed by atoms with Crippen LogP contribution in [0.25, 0.3) is 0 Å². The van der Waals surface area contributed by atoms with Gasteiger partial charge in [0.1, 0.15) is 6.54 Å². The molecule has 0 unspecified atom stereocenters. The average Bonchev–Trinajstić information content (AvgIpc) is 2.62. The number of hydrogen-bond acceptors (Lipinski definition) is 4. The average molecular weight is 230 g/mol. The molecule has 0 radical (unpaired) electrons. The summed E-state index contributed by atoms with van der Waals surface area (Å²) in [4.78, 5) is 9.13. The molecule has 0 saturated heterocycles. The number of aliphatic carboxylic acids is 1. The van der Waals surface area contributed by atoms with E-state index in [4.69, 9.17) is 9.90 Å². The second-order valence-electron chi connectivity index (χ2n) is 3.12. The summed E-state index contributed by atoms with van der Waals surface area (Å²) in [7, 11) is 0. The van der Waals surface area contributed by atoms with Crippen LogP contribution in [0.2, 0.25) is 0 Å². The molecule has 1 rings (SSSR count). The van der Waals surface area contributed by atoms with Gasteiger partial charge in [0.05, 0.1) is 11.3 Å². The highest BCUT2D eigenvalue weighted by Gasteiger charge is 2.03. The number of carbonyl (C=O) groups is 1. The number of aryl methyl sites for hydroxylation is 2. The maximum absolute atomic E-state index is 9.13. The van der Waals surface area contributed by atoms with Gasteiger partial charge in [-0.3, -0.25) is 0 Å². The number of thiazole rings is 1. The third kappa shape index (κ3) is 7.04. The van der Waals surface area contributed by atoms with Crippen molar-refractivity contribution in [3.63, 3.8) is 0 Å². The Bertz CT molecular complexity index is 287. The van der Waals surface area contributed by atoms with Gasteiger partial charge in [-0.05, 0) is 0 Å². The molecule has 4 nitrogen and oxygen atoms in total. The molecule has 1 aromatic rings. The second kappa shape index (κ2) is 8.38. The van der Waals surface area contributed by atoms with Gasteiger partial charge in [-0.1, -0.05) is 24.7 Å². The molecule has 5 heteroatoms. The fourth-order valence-corrected chi connectivity index (χ4v) is 1.72. The lowest BCUT2D eigenvalue weighted by molar-refractivity contribution is -0.698. The fraction of sp³-hybridized carbons (Fsp3) is 0.600. The van der Waals surface area contributed by atoms with Crippen LogP contribution in [0, 0.1) is 6.92 Å². The first-order valence-corrected chi connectivity index (χ1v) is 5.88. The van der Waals surface area contributed by atoms with E-state index in [0.717, 1.165) is 0 Å². The van der Waals surface area contributed by atoms with Crippen LogP contribution in [-0.4, -0.2) is 12.5 Å². The Labute approximate surface area is 94.4 Å². The second-order valence-corrected chi connectivity index (χ2v) is 3.84. The van der Waals surface area contributed by atoms with Crippen molar-refractivity contribution in [2.75, 3.05) is 6.54 Å². The maximum atomic E-state index is 9.13. The van der Waals surface area contributed by atoms with Crippen molar-refractivity contribution in [2.45, 2.75) is 33.2 Å². The van der Waals surface area contributed by atoms with Gasteiger partial charge in [0.2, 0.25) is 5.51 Å². The minimum absolute atomic E-state index is 0.389. The van der Waals surface area contributed by atoms with Gasteiger partial charge in [-0.25, -0.2) is 0 Å². The highest BCUT2D eigenvalue weighted by molar-refractivity contribution is 7.07. The van der Waals surface area contributed by atoms with Crippen LogP contribution in [0.15, 0.2) is 10.9 Å². The molecular formula is C10H18N2O2S. The number of nitrogens with two attached hydrogens (primary N) is 1. The molecule has 2 N–H and O–H groups in total. The third-order valence-corrected chi connectivity index (χ3v) is 2.65. The Morgan fingerprint density at radius 1 is 1.67 bits per heavy atom. The zero-order chi connectivity index (χ0) is 11.7. The van der Waals surface area contributed by atoms with Crippen molar-refractivity contribution >= 4 is 17.3 Å². The predicted molar refractivity (Wildman–Crippen MR) is 58.2 cm³/mol. The minimum atomic E-state index is -1.22. The van der Waals surface area contributed by atoms with E-state index in [9.17, 15) is 0 Å². The number of nitrogens with zero attached hydrogens (tertiary/aromatic N) is 1. The van der Waals surface area contributed by atoms with E-state index in [1.807, 2.05) is 0 Å². The Morgan fingerprint density at radius 2 is 2.27 bits per heavy atom. The number of rotatable bonds is 4. The molecule has 0 aliphatic carbocycles. The fourth-order valence-electron chi connectivity index (χ4n) is 0.911. The zero-order valence-corrected chi connectivity index (χ0v) is 10.0. The quantitative estimate of drug-likeness (QED) is 0.731. The third-order valence-electron chi connectivity index (χ3n) is 1.80. The van der Waals surface area contributed by atoms with E-state index in [-0.39, 0.29) is 6.54 Å². The molecule has 0 aromatic carbocycles. The summed E-state index contributed by atoms with van der Waals surface area (Å²) in [6.45, 7) is 5.18. The number of carboxylic acid groups (broad SMARTS) is 1. The molecule has 0 amide bonds. The van der Waals surface area contributed by atoms with Gasteiger partial charge in [-0.15, -0.1) is 0 Å². The Kier molecular flexibility index (Phi) is 7.85. The standard InChI is InChI=1S/C8H14NS.C2H5NO2/c1-3-4-5-9-7-10-6-8(9)2;3-1-2(4)5/h6-7H,3-5H2,1-2H3;1,3H2,(H,4,5)/q+1;/p-1. The van der Waals surface area contributed by atoms with E-state index in [0.29, 0.717) is 0 Å². The van der Waals surface area contributed by atoms with Crippen molar-refractivity contribution in [3.05, 3.63) is 16.6 Å². The van der Waals surface area contributed by atoms with Gasteiger partial charge in [-0.2, -0.15) is 4.57 Å². The molecular weight excluding hydrogens is 212 g/mol. The molecule has 0 aliphatic rings. The lowest BCUT2D eigenvalue weighted by Crippen LogP contribution is -2.33. The van der Waals surface area contributed by atoms with E-state index >= 15 is 0 Å². The lowest BCUT2D eigenvalue weighted by Gasteiger charge is -1.90. The van der Waals surface area contributed by atoms with E-state index in [2.05, 4.69) is 35.0 Å². The highest BCUT2D eigenvalue weighted by Crippen LogP contribution is 1.97. The Balaban J connectivity index is 0.000000336. The summed E-state index contributed by atoms with van der Waals surface area (Å²) in [5, 5.41) is 11.3. The van der Waals surface area contributed by atoms with E-state index in [1.54, 1.807) is 11.3 Å². The summed E-state index contributed by atoms with van der Waals surface area (Å²) in [6.07, 6.45) is 2.57. The van der Waals surface area contributed by atoms with Gasteiger partial charge in [0.25, 0.3) is 0 Å². The summed E-state index contributed by atoms with van der Waals surface area (Å²) >= 11 is 1.78. The van der Waals surface area contributed by atoms with Crippen molar-refractivity contribution in [1.82, 2.24) is 0 Å². The van der Waals surface area contributed by atoms with E-state index in [1.165, 1.54) is 25.1 Å². The molecule has 86 valence electrons. The van der Waals surface area contributed by atoms with Crippen molar-refractivity contribution in [2.24, 2.45) is 5.73 Å². The number of carboxylic acids is 1. The normalized spacial score (nSPS) is 9.27. The maximum Gasteiger partial charge on any atom is 0.224 e. The molecule has 0 saturated carbocycles. The topological polar surface area (TPSA) is 70.0 Å². The van der Waals surface area contributed by atoms with Crippen LogP contribution < -0.4 is 15.4 Å². The van der Waals surface area contributed by atoms with Crippen LogP contribution in [0.1, 0.15) is 25.5 Å². The number of unbranched alkanes of at least 4 members (excludes halogenated alkanes) is 1. The molecule has 0 fully saturated rings. The monoisotopic (exact) mass is 230 g/mol. The Morgan fingerprint density at radius 3 is 2.60 bits per heavy atom. The molecule has 15 heavy (non-hydrogen) atoms. The molecule has 0 bridgehead atoms. The van der Waals surface area contributed by atoms with Crippen molar-refractivity contribution in [3.8, 4) is 0 Å². The largest absolute Gasteiger partial charge is 0.549 e. The van der Waals surface area contributed by atoms with Crippen LogP contribution in [0.5, 0.6) is 0 Å². The molecule has 0 atom stereocenters. The Hall–Kier alpha value is -0.940. The summed E-state index contributed by atoms with van der Waals surface area (Å²) in [5.41, 5.74) is 8.08. The smallest absolute Gasteiger partial charge is 0.224 e. The van der Waals surface area contributed by atoms with Crippen molar-refractivity contribution < 1.29 is 14.5 Å². The number of aromatic nitrogens is 1. The van der Waals surface area contributed by atoms with E-state index < -0.39 is 5.97 Å². The van der Waals surface area contributed by atoms with Crippen LogP contribution >= 0.6 is 11.3 Å². The summed E-state index contributed by atoms with van der Waals surface area (Å²) in [5.74, 6) is -1.22. The first-order chi connectivity index (χ1) is 7.11. The van der Waals surface area contributed by atoms with Gasteiger partial charge in [0.15, 0.2) is 5.69 Å². The SMILES string of the molecule is CCCC[n+]1cscc1C.NCC(=O)[O-]. The number of carbonyl (C=O) groups excluding carboxylic acids is 1. The molecule has 0 spiro atoms. The van der Waals surface area contributed by atoms with Crippen LogP contribution in [0.4, 0.5) is 0 Å². The summed E-state index contributed by atoms with van der Waals surface area (Å²) < 4.78 is 2.31. The highest BCUT2D eigenvalue weighted by atomic mass is 32.1. The molecule has 1 aromatic heterocycles. The van der Waals surface area contributed by atoms with Gasteiger partial charge >= 0.3 is 0 Å². The summed E-state index contributed by atoms with van der Waals surface area (Å²) in [6, 6.07) is 0. The predicted octanol–water partition coefficient (Wildman–Crippen LogP) is -0.161. The van der Waals surface area contributed by atoms with Crippen LogP contribution in [-0.2, 0) is 11.3 Å². The molecule has 1 heterocycles. The zero-order valence-electron chi connectivity index (χ0n) is 9.23.